The molecule has 2 aromatic rings. The second-order valence-corrected chi connectivity index (χ2v) is 5.66. The second kappa shape index (κ2) is 9.07. The molecular weight excluding hydrogens is 342 g/mol. The lowest BCUT2D eigenvalue weighted by Crippen LogP contribution is -2.04. The largest absolute Gasteiger partial charge is 0.507 e. The standard InChI is InChI=1S/C22H19NO4/c1-3-20(24)19(22(25)26)11-15(2)17-9-10-21(18(12-17)13-23)27-14-16-7-5-4-6-8-16/h3-12,24H,2,14H2,1H3,(H,25,26)/b19-11+,20-3+. The molecular formula is C22H19NO4. The Hall–Kier alpha value is -3.78. The molecule has 5 heteroatoms. The van der Waals surface area contributed by atoms with E-state index in [-0.39, 0.29) is 11.3 Å². The Kier molecular flexibility index (Phi) is 6.56. The quantitative estimate of drug-likeness (QED) is 0.426. The highest BCUT2D eigenvalue weighted by Gasteiger charge is 2.13. The summed E-state index contributed by atoms with van der Waals surface area (Å²) in [5.41, 5.74) is 1.93. The van der Waals surface area contributed by atoms with Crippen molar-refractivity contribution in [3.63, 3.8) is 0 Å². The Morgan fingerprint density at radius 3 is 2.52 bits per heavy atom. The van der Waals surface area contributed by atoms with Crippen LogP contribution in [0.3, 0.4) is 0 Å². The maximum Gasteiger partial charge on any atom is 0.339 e. The van der Waals surface area contributed by atoms with Gasteiger partial charge in [-0.3, -0.25) is 0 Å². The maximum atomic E-state index is 11.3. The van der Waals surface area contributed by atoms with Crippen molar-refractivity contribution in [3.05, 3.63) is 95.3 Å². The van der Waals surface area contributed by atoms with Crippen molar-refractivity contribution in [3.8, 4) is 11.8 Å². The Balaban J connectivity index is 2.25. The van der Waals surface area contributed by atoms with Crippen LogP contribution in [0.2, 0.25) is 0 Å². The zero-order valence-corrected chi connectivity index (χ0v) is 14.8. The number of carboxylic acids is 1. The van der Waals surface area contributed by atoms with Crippen LogP contribution in [-0.2, 0) is 11.4 Å². The van der Waals surface area contributed by atoms with Gasteiger partial charge in [-0.15, -0.1) is 0 Å². The number of rotatable bonds is 7. The Morgan fingerprint density at radius 2 is 1.93 bits per heavy atom. The van der Waals surface area contributed by atoms with Gasteiger partial charge in [-0.25, -0.2) is 4.79 Å². The predicted molar refractivity (Wildman–Crippen MR) is 103 cm³/mol. The highest BCUT2D eigenvalue weighted by Crippen LogP contribution is 2.26. The number of carbonyl (C=O) groups is 1. The van der Waals surface area contributed by atoms with Gasteiger partial charge < -0.3 is 14.9 Å². The van der Waals surface area contributed by atoms with Gasteiger partial charge in [-0.1, -0.05) is 43.0 Å². The first kappa shape index (κ1) is 19.5. The van der Waals surface area contributed by atoms with E-state index in [9.17, 15) is 20.3 Å². The van der Waals surface area contributed by atoms with E-state index in [1.165, 1.54) is 19.1 Å². The number of aliphatic hydroxyl groups excluding tert-OH is 1. The number of nitriles is 1. The number of nitrogens with zero attached hydrogens (tertiary/aromatic N) is 1. The van der Waals surface area contributed by atoms with Gasteiger partial charge in [0.25, 0.3) is 0 Å². The molecule has 0 bridgehead atoms. The minimum Gasteiger partial charge on any atom is -0.507 e. The van der Waals surface area contributed by atoms with Crippen LogP contribution in [0.15, 0.2) is 78.6 Å². The molecule has 0 aliphatic carbocycles. The van der Waals surface area contributed by atoms with Crippen LogP contribution in [0.1, 0.15) is 23.6 Å². The molecule has 5 nitrogen and oxygen atoms in total. The van der Waals surface area contributed by atoms with E-state index in [0.29, 0.717) is 29.1 Å². The number of ether oxygens (including phenoxy) is 1. The van der Waals surface area contributed by atoms with Gasteiger partial charge in [0.05, 0.1) is 5.56 Å². The lowest BCUT2D eigenvalue weighted by atomic mass is 10.0. The van der Waals surface area contributed by atoms with Crippen molar-refractivity contribution in [1.29, 1.82) is 5.26 Å². The van der Waals surface area contributed by atoms with Crippen LogP contribution in [0.5, 0.6) is 5.75 Å². The Bertz CT molecular complexity index is 950. The van der Waals surface area contributed by atoms with Crippen molar-refractivity contribution < 1.29 is 19.7 Å². The molecule has 0 aliphatic heterocycles. The lowest BCUT2D eigenvalue weighted by Gasteiger charge is -2.10. The number of benzene rings is 2. The van der Waals surface area contributed by atoms with Crippen LogP contribution in [-0.4, -0.2) is 16.2 Å². The number of hydrogen-bond donors (Lipinski definition) is 2. The zero-order valence-electron chi connectivity index (χ0n) is 14.8. The summed E-state index contributed by atoms with van der Waals surface area (Å²) in [7, 11) is 0. The molecule has 0 fully saturated rings. The molecule has 0 heterocycles. The van der Waals surface area contributed by atoms with Crippen LogP contribution >= 0.6 is 0 Å². The van der Waals surface area contributed by atoms with Gasteiger partial charge in [-0.05, 0) is 47.9 Å². The first-order valence-electron chi connectivity index (χ1n) is 8.17. The summed E-state index contributed by atoms with van der Waals surface area (Å²) < 4.78 is 5.71. The third-order valence-corrected chi connectivity index (χ3v) is 3.81. The van der Waals surface area contributed by atoms with Gasteiger partial charge in [0.2, 0.25) is 0 Å². The van der Waals surface area contributed by atoms with Crippen molar-refractivity contribution in [2.75, 3.05) is 0 Å². The normalized spacial score (nSPS) is 11.6. The van der Waals surface area contributed by atoms with Crippen LogP contribution in [0, 0.1) is 11.3 Å². The summed E-state index contributed by atoms with van der Waals surface area (Å²) in [5.74, 6) is -1.20. The summed E-state index contributed by atoms with van der Waals surface area (Å²) in [6.07, 6.45) is 2.55. The molecule has 2 N–H and O–H groups in total. The SMILES string of the molecule is C=C(/C=C(C(=O)O)\C(O)=C/C)c1ccc(OCc2ccccc2)c(C#N)c1. The Labute approximate surface area is 157 Å². The third kappa shape index (κ3) is 5.10. The van der Waals surface area contributed by atoms with Gasteiger partial charge in [0.1, 0.15) is 29.8 Å². The molecule has 2 rings (SSSR count). The highest BCUT2D eigenvalue weighted by molar-refractivity contribution is 5.94. The first-order valence-corrected chi connectivity index (χ1v) is 8.17. The minimum absolute atomic E-state index is 0.273. The van der Waals surface area contributed by atoms with Gasteiger partial charge in [0, 0.05) is 0 Å². The molecule has 0 radical (unpaired) electrons. The smallest absolute Gasteiger partial charge is 0.339 e. The van der Waals surface area contributed by atoms with Crippen LogP contribution in [0.25, 0.3) is 5.57 Å². The first-order chi connectivity index (χ1) is 13.0. The molecule has 2 aromatic carbocycles. The van der Waals surface area contributed by atoms with Gasteiger partial charge in [-0.2, -0.15) is 5.26 Å². The third-order valence-electron chi connectivity index (χ3n) is 3.81. The topological polar surface area (TPSA) is 90.6 Å². The fourth-order valence-corrected chi connectivity index (χ4v) is 2.34. The lowest BCUT2D eigenvalue weighted by molar-refractivity contribution is -0.132. The minimum atomic E-state index is -1.27. The van der Waals surface area contributed by atoms with E-state index in [4.69, 9.17) is 4.74 Å². The summed E-state index contributed by atoms with van der Waals surface area (Å²) in [4.78, 5) is 11.3. The molecule has 0 amide bonds. The molecule has 0 saturated carbocycles. The van der Waals surface area contributed by atoms with E-state index in [0.717, 1.165) is 5.56 Å². The van der Waals surface area contributed by atoms with E-state index >= 15 is 0 Å². The van der Waals surface area contributed by atoms with E-state index in [1.54, 1.807) is 18.2 Å². The van der Waals surface area contributed by atoms with E-state index in [2.05, 4.69) is 12.6 Å². The van der Waals surface area contributed by atoms with Gasteiger partial charge >= 0.3 is 5.97 Å². The van der Waals surface area contributed by atoms with Gasteiger partial charge in [0.15, 0.2) is 0 Å². The summed E-state index contributed by atoms with van der Waals surface area (Å²) in [6, 6.07) is 16.6. The van der Waals surface area contributed by atoms with Crippen LogP contribution < -0.4 is 4.74 Å². The summed E-state index contributed by atoms with van der Waals surface area (Å²) in [5, 5.41) is 28.3. The Morgan fingerprint density at radius 1 is 1.22 bits per heavy atom. The number of aliphatic hydroxyl groups is 1. The average molecular weight is 361 g/mol. The number of allylic oxidation sites excluding steroid dienone is 3. The molecule has 0 saturated heterocycles. The van der Waals surface area contributed by atoms with Crippen LogP contribution in [0.4, 0.5) is 0 Å². The highest BCUT2D eigenvalue weighted by atomic mass is 16.5. The fraction of sp³-hybridized carbons (Fsp3) is 0.0909. The average Bonchev–Trinajstić information content (AvgIpc) is 2.70. The molecule has 0 spiro atoms. The fourth-order valence-electron chi connectivity index (χ4n) is 2.34. The summed E-state index contributed by atoms with van der Waals surface area (Å²) >= 11 is 0. The van der Waals surface area contributed by atoms with E-state index in [1.807, 2.05) is 30.3 Å². The van der Waals surface area contributed by atoms with Crippen molar-refractivity contribution >= 4 is 11.5 Å². The van der Waals surface area contributed by atoms with E-state index < -0.39 is 5.97 Å². The number of hydrogen-bond acceptors (Lipinski definition) is 4. The maximum absolute atomic E-state index is 11.3. The molecule has 0 unspecified atom stereocenters. The zero-order chi connectivity index (χ0) is 19.8. The molecule has 0 aliphatic rings. The molecule has 0 aromatic heterocycles. The van der Waals surface area contributed by atoms with Crippen molar-refractivity contribution in [2.45, 2.75) is 13.5 Å². The second-order valence-electron chi connectivity index (χ2n) is 5.66. The monoisotopic (exact) mass is 361 g/mol. The number of aliphatic carboxylic acids is 1. The number of carboxylic acid groups (broad SMARTS) is 1. The molecule has 136 valence electrons. The van der Waals surface area contributed by atoms with Crippen molar-refractivity contribution in [2.24, 2.45) is 0 Å². The summed E-state index contributed by atoms with van der Waals surface area (Å²) in [6.45, 7) is 5.69. The molecule has 0 atom stereocenters. The predicted octanol–water partition coefficient (Wildman–Crippen LogP) is 4.62. The van der Waals surface area contributed by atoms with Crippen molar-refractivity contribution in [1.82, 2.24) is 0 Å². The molecule has 27 heavy (non-hydrogen) atoms.